The van der Waals surface area contributed by atoms with Crippen molar-refractivity contribution in [2.24, 2.45) is 5.92 Å². The number of hydrogen-bond donors (Lipinski definition) is 2. The van der Waals surface area contributed by atoms with Crippen molar-refractivity contribution in [3.05, 3.63) is 28.2 Å². The Labute approximate surface area is 176 Å². The molecule has 1 aliphatic heterocycles. The Morgan fingerprint density at radius 1 is 1.23 bits per heavy atom. The van der Waals surface area contributed by atoms with Crippen LogP contribution in [0.2, 0.25) is 0 Å². The number of rotatable bonds is 5. The molecule has 30 heavy (non-hydrogen) atoms. The quantitative estimate of drug-likeness (QED) is 0.730. The number of anilines is 1. The van der Waals surface area contributed by atoms with Crippen LogP contribution in [0.1, 0.15) is 50.6 Å². The fourth-order valence-electron chi connectivity index (χ4n) is 4.69. The predicted molar refractivity (Wildman–Crippen MR) is 115 cm³/mol. The third-order valence-corrected chi connectivity index (χ3v) is 7.72. The molecule has 10 heteroatoms. The third kappa shape index (κ3) is 4.08. The van der Waals surface area contributed by atoms with Gasteiger partial charge in [0, 0.05) is 42.3 Å². The molecule has 2 atom stereocenters. The van der Waals surface area contributed by atoms with E-state index >= 15 is 0 Å². The summed E-state index contributed by atoms with van der Waals surface area (Å²) in [5.74, 6) is 0.808. The van der Waals surface area contributed by atoms with Crippen molar-refractivity contribution in [2.45, 2.75) is 57.7 Å². The zero-order valence-corrected chi connectivity index (χ0v) is 18.2. The summed E-state index contributed by atoms with van der Waals surface area (Å²) in [6.45, 7) is 2.77. The van der Waals surface area contributed by atoms with Crippen LogP contribution in [0.3, 0.4) is 0 Å². The summed E-state index contributed by atoms with van der Waals surface area (Å²) in [5, 5.41) is 13.7. The Morgan fingerprint density at radius 3 is 2.57 bits per heavy atom. The first-order valence-electron chi connectivity index (χ1n) is 10.5. The van der Waals surface area contributed by atoms with Crippen LogP contribution in [0.25, 0.3) is 11.0 Å². The molecule has 2 N–H and O–H groups in total. The molecule has 9 nitrogen and oxygen atoms in total. The lowest BCUT2D eigenvalue weighted by Crippen LogP contribution is -2.42. The monoisotopic (exact) mass is 435 g/mol. The Morgan fingerprint density at radius 2 is 1.97 bits per heavy atom. The van der Waals surface area contributed by atoms with Crippen molar-refractivity contribution in [3.63, 3.8) is 0 Å². The van der Waals surface area contributed by atoms with E-state index in [0.29, 0.717) is 49.0 Å². The van der Waals surface area contributed by atoms with E-state index in [2.05, 4.69) is 22.2 Å². The minimum Gasteiger partial charge on any atom is -0.391 e. The number of aliphatic hydroxyl groups excluding tert-OH is 1. The molecular weight excluding hydrogens is 406 g/mol. The standard InChI is InChI=1S/C20H29N5O4S/c1-13-4-3-5-17(13)25-18-14(10-15(12-26)19(25)27)11-21-20(23-18)22-16-6-8-24(9-7-16)30(2,28)29/h10-11,13,16-17,26H,3-9,12H2,1-2H3,(H,21,22,23)/t13-,17+/m0/s1. The lowest BCUT2D eigenvalue weighted by Gasteiger charge is -2.30. The molecule has 0 aromatic carbocycles. The minimum absolute atomic E-state index is 0.0623. The summed E-state index contributed by atoms with van der Waals surface area (Å²) in [7, 11) is -3.17. The van der Waals surface area contributed by atoms with Gasteiger partial charge < -0.3 is 10.4 Å². The van der Waals surface area contributed by atoms with Crippen molar-refractivity contribution >= 4 is 27.0 Å². The first kappa shape index (κ1) is 21.2. The second-order valence-corrected chi connectivity index (χ2v) is 10.5. The topological polar surface area (TPSA) is 117 Å². The second-order valence-electron chi connectivity index (χ2n) is 8.53. The third-order valence-electron chi connectivity index (χ3n) is 6.42. The fraction of sp³-hybridized carbons (Fsp3) is 0.650. The first-order chi connectivity index (χ1) is 14.3. The predicted octanol–water partition coefficient (Wildman–Crippen LogP) is 1.48. The van der Waals surface area contributed by atoms with Crippen LogP contribution >= 0.6 is 0 Å². The minimum atomic E-state index is -3.17. The van der Waals surface area contributed by atoms with Gasteiger partial charge in [0.15, 0.2) is 0 Å². The van der Waals surface area contributed by atoms with Gasteiger partial charge in [-0.2, -0.15) is 4.98 Å². The number of pyridine rings is 1. The van der Waals surface area contributed by atoms with Gasteiger partial charge in [0.05, 0.1) is 12.9 Å². The zero-order valence-electron chi connectivity index (χ0n) is 17.4. The molecule has 1 saturated heterocycles. The van der Waals surface area contributed by atoms with Crippen LogP contribution in [0, 0.1) is 5.92 Å². The van der Waals surface area contributed by atoms with Crippen LogP contribution in [-0.4, -0.2) is 57.8 Å². The summed E-state index contributed by atoms with van der Waals surface area (Å²) in [6.07, 6.45) is 7.31. The van der Waals surface area contributed by atoms with E-state index in [1.807, 2.05) is 0 Å². The molecule has 1 saturated carbocycles. The number of sulfonamides is 1. The molecule has 164 valence electrons. The van der Waals surface area contributed by atoms with E-state index in [9.17, 15) is 18.3 Å². The number of aliphatic hydroxyl groups is 1. The van der Waals surface area contributed by atoms with Gasteiger partial charge >= 0.3 is 0 Å². The van der Waals surface area contributed by atoms with Gasteiger partial charge in [0.1, 0.15) is 5.65 Å². The van der Waals surface area contributed by atoms with Crippen LogP contribution in [0.4, 0.5) is 5.95 Å². The number of hydrogen-bond acceptors (Lipinski definition) is 7. The van der Waals surface area contributed by atoms with Gasteiger partial charge in [0.2, 0.25) is 16.0 Å². The zero-order chi connectivity index (χ0) is 21.5. The van der Waals surface area contributed by atoms with Crippen molar-refractivity contribution in [2.75, 3.05) is 24.7 Å². The Hall–Kier alpha value is -2.04. The van der Waals surface area contributed by atoms with Crippen molar-refractivity contribution in [3.8, 4) is 0 Å². The number of aromatic nitrogens is 3. The molecule has 0 bridgehead atoms. The van der Waals surface area contributed by atoms with Gasteiger partial charge in [0.25, 0.3) is 5.56 Å². The van der Waals surface area contributed by atoms with Crippen molar-refractivity contribution in [1.29, 1.82) is 0 Å². The summed E-state index contributed by atoms with van der Waals surface area (Å²) in [5.41, 5.74) is 0.760. The smallest absolute Gasteiger partial charge is 0.258 e. The van der Waals surface area contributed by atoms with Crippen LogP contribution < -0.4 is 10.9 Å². The van der Waals surface area contributed by atoms with Crippen molar-refractivity contribution in [1.82, 2.24) is 18.8 Å². The molecule has 2 aromatic rings. The van der Waals surface area contributed by atoms with E-state index in [0.717, 1.165) is 24.6 Å². The molecule has 0 spiro atoms. The van der Waals surface area contributed by atoms with Crippen LogP contribution in [0.5, 0.6) is 0 Å². The van der Waals surface area contributed by atoms with Gasteiger partial charge in [-0.3, -0.25) is 9.36 Å². The second kappa shape index (κ2) is 8.24. The highest BCUT2D eigenvalue weighted by Crippen LogP contribution is 2.36. The maximum atomic E-state index is 13.0. The highest BCUT2D eigenvalue weighted by molar-refractivity contribution is 7.88. The molecule has 2 fully saturated rings. The highest BCUT2D eigenvalue weighted by atomic mass is 32.2. The van der Waals surface area contributed by atoms with Crippen molar-refractivity contribution < 1.29 is 13.5 Å². The largest absolute Gasteiger partial charge is 0.391 e. The summed E-state index contributed by atoms with van der Waals surface area (Å²) >= 11 is 0. The first-order valence-corrected chi connectivity index (χ1v) is 12.4. The number of nitrogens with one attached hydrogen (secondary N) is 1. The molecule has 0 unspecified atom stereocenters. The molecule has 2 aromatic heterocycles. The van der Waals surface area contributed by atoms with Gasteiger partial charge in [-0.15, -0.1) is 0 Å². The molecular formula is C20H29N5O4S. The molecule has 0 radical (unpaired) electrons. The van der Waals surface area contributed by atoms with E-state index in [1.165, 1.54) is 10.6 Å². The number of piperidine rings is 1. The maximum Gasteiger partial charge on any atom is 0.258 e. The molecule has 1 aliphatic carbocycles. The lowest BCUT2D eigenvalue weighted by atomic mass is 10.1. The van der Waals surface area contributed by atoms with E-state index in [4.69, 9.17) is 0 Å². The number of nitrogens with zero attached hydrogens (tertiary/aromatic N) is 4. The molecule has 0 amide bonds. The lowest BCUT2D eigenvalue weighted by molar-refractivity contribution is 0.278. The molecule has 3 heterocycles. The molecule has 2 aliphatic rings. The Kier molecular flexibility index (Phi) is 5.82. The van der Waals surface area contributed by atoms with E-state index in [1.54, 1.807) is 16.8 Å². The van der Waals surface area contributed by atoms with Gasteiger partial charge in [-0.1, -0.05) is 13.3 Å². The number of fused-ring (bicyclic) bond motifs is 1. The van der Waals surface area contributed by atoms with E-state index < -0.39 is 10.0 Å². The summed E-state index contributed by atoms with van der Waals surface area (Å²) < 4.78 is 26.6. The van der Waals surface area contributed by atoms with Crippen LogP contribution in [-0.2, 0) is 16.6 Å². The highest BCUT2D eigenvalue weighted by Gasteiger charge is 2.29. The average molecular weight is 436 g/mol. The summed E-state index contributed by atoms with van der Waals surface area (Å²) in [4.78, 5) is 22.1. The van der Waals surface area contributed by atoms with E-state index in [-0.39, 0.29) is 24.2 Å². The SMILES string of the molecule is C[C@H]1CCC[C@H]1n1c(=O)c(CO)cc2cnc(NC3CCN(S(C)(=O)=O)CC3)nc21. The Balaban J connectivity index is 1.64. The average Bonchev–Trinajstić information content (AvgIpc) is 3.13. The maximum absolute atomic E-state index is 13.0. The Bertz CT molecular complexity index is 1090. The van der Waals surface area contributed by atoms with Gasteiger partial charge in [-0.05, 0) is 37.7 Å². The summed E-state index contributed by atoms with van der Waals surface area (Å²) in [6, 6.07) is 1.80. The van der Waals surface area contributed by atoms with Gasteiger partial charge in [-0.25, -0.2) is 17.7 Å². The fourth-order valence-corrected chi connectivity index (χ4v) is 5.57. The van der Waals surface area contributed by atoms with Crippen LogP contribution in [0.15, 0.2) is 17.1 Å². The molecule has 4 rings (SSSR count). The normalized spacial score (nSPS) is 23.8.